The van der Waals surface area contributed by atoms with Crippen molar-refractivity contribution >= 4 is 21.6 Å². The standard InChI is InChI=1S/C18H27N3O5S/c1-3-25-15-7-6-14(20-18(22)17-13(2)26-11-8-19-17)12-16(15)27(23,24)21-9-4-5-10-21/h6-7,12-13,17,19H,3-5,8-11H2,1-2H3,(H,20,22)/t13-,17+/m1/s1. The summed E-state index contributed by atoms with van der Waals surface area (Å²) in [6, 6.07) is 4.24. The molecule has 8 nitrogen and oxygen atoms in total. The van der Waals surface area contributed by atoms with Gasteiger partial charge >= 0.3 is 0 Å². The number of carbonyl (C=O) groups is 1. The van der Waals surface area contributed by atoms with Gasteiger partial charge in [-0.1, -0.05) is 0 Å². The highest BCUT2D eigenvalue weighted by molar-refractivity contribution is 7.89. The number of benzene rings is 1. The number of rotatable bonds is 6. The average Bonchev–Trinajstić information content (AvgIpc) is 3.19. The van der Waals surface area contributed by atoms with E-state index < -0.39 is 16.1 Å². The molecule has 3 rings (SSSR count). The van der Waals surface area contributed by atoms with Gasteiger partial charge in [-0.3, -0.25) is 4.79 Å². The molecule has 0 aromatic heterocycles. The largest absolute Gasteiger partial charge is 0.492 e. The van der Waals surface area contributed by atoms with Crippen LogP contribution in [-0.4, -0.2) is 63.6 Å². The minimum Gasteiger partial charge on any atom is -0.492 e. The molecule has 1 aromatic rings. The van der Waals surface area contributed by atoms with Gasteiger partial charge in [-0.05, 0) is 44.9 Å². The molecule has 0 aliphatic carbocycles. The van der Waals surface area contributed by atoms with Crippen LogP contribution in [0, 0.1) is 0 Å². The van der Waals surface area contributed by atoms with Crippen LogP contribution in [-0.2, 0) is 19.6 Å². The maximum Gasteiger partial charge on any atom is 0.246 e. The second kappa shape index (κ2) is 8.55. The number of amides is 1. The number of morpholine rings is 1. The zero-order chi connectivity index (χ0) is 19.4. The molecule has 0 spiro atoms. The van der Waals surface area contributed by atoms with Crippen molar-refractivity contribution in [2.45, 2.75) is 43.7 Å². The number of ether oxygens (including phenoxy) is 2. The van der Waals surface area contributed by atoms with E-state index in [1.165, 1.54) is 10.4 Å². The molecule has 9 heteroatoms. The first kappa shape index (κ1) is 20.1. The Hall–Kier alpha value is -1.68. The summed E-state index contributed by atoms with van der Waals surface area (Å²) in [6.07, 6.45) is 1.45. The summed E-state index contributed by atoms with van der Waals surface area (Å²) < 4.78 is 38.5. The van der Waals surface area contributed by atoms with E-state index >= 15 is 0 Å². The van der Waals surface area contributed by atoms with Crippen molar-refractivity contribution in [3.8, 4) is 5.75 Å². The van der Waals surface area contributed by atoms with Crippen LogP contribution in [0.2, 0.25) is 0 Å². The number of sulfonamides is 1. The predicted molar refractivity (Wildman–Crippen MR) is 101 cm³/mol. The van der Waals surface area contributed by atoms with E-state index in [0.29, 0.717) is 44.3 Å². The molecule has 2 N–H and O–H groups in total. The fraction of sp³-hybridized carbons (Fsp3) is 0.611. The quantitative estimate of drug-likeness (QED) is 0.748. The number of anilines is 1. The highest BCUT2D eigenvalue weighted by atomic mass is 32.2. The summed E-state index contributed by atoms with van der Waals surface area (Å²) in [5, 5.41) is 5.92. The Morgan fingerprint density at radius 2 is 2.11 bits per heavy atom. The Morgan fingerprint density at radius 1 is 1.37 bits per heavy atom. The van der Waals surface area contributed by atoms with Gasteiger partial charge in [-0.25, -0.2) is 8.42 Å². The topological polar surface area (TPSA) is 97.0 Å². The van der Waals surface area contributed by atoms with Crippen molar-refractivity contribution in [3.63, 3.8) is 0 Å². The van der Waals surface area contributed by atoms with Crippen LogP contribution in [0.1, 0.15) is 26.7 Å². The van der Waals surface area contributed by atoms with E-state index in [9.17, 15) is 13.2 Å². The lowest BCUT2D eigenvalue weighted by atomic mass is 10.1. The molecule has 2 saturated heterocycles. The van der Waals surface area contributed by atoms with Crippen molar-refractivity contribution in [1.29, 1.82) is 0 Å². The summed E-state index contributed by atoms with van der Waals surface area (Å²) in [6.45, 7) is 6.16. The van der Waals surface area contributed by atoms with Crippen molar-refractivity contribution in [2.24, 2.45) is 0 Å². The van der Waals surface area contributed by atoms with E-state index in [1.54, 1.807) is 19.1 Å². The molecule has 1 amide bonds. The highest BCUT2D eigenvalue weighted by Gasteiger charge is 2.32. The Balaban J connectivity index is 1.85. The smallest absolute Gasteiger partial charge is 0.246 e. The van der Waals surface area contributed by atoms with Gasteiger partial charge in [0, 0.05) is 25.3 Å². The van der Waals surface area contributed by atoms with Gasteiger partial charge < -0.3 is 20.1 Å². The first-order valence-electron chi connectivity index (χ1n) is 9.36. The Morgan fingerprint density at radius 3 is 2.78 bits per heavy atom. The van der Waals surface area contributed by atoms with E-state index in [-0.39, 0.29) is 16.9 Å². The van der Waals surface area contributed by atoms with Crippen molar-refractivity contribution in [1.82, 2.24) is 9.62 Å². The molecule has 0 bridgehead atoms. The van der Waals surface area contributed by atoms with Crippen LogP contribution < -0.4 is 15.4 Å². The molecular weight excluding hydrogens is 370 g/mol. The number of nitrogens with one attached hydrogen (secondary N) is 2. The molecule has 2 aliphatic rings. The number of hydrogen-bond donors (Lipinski definition) is 2. The first-order valence-corrected chi connectivity index (χ1v) is 10.8. The summed E-state index contributed by atoms with van der Waals surface area (Å²) in [5.74, 6) is 0.0470. The van der Waals surface area contributed by atoms with Crippen LogP contribution in [0.3, 0.4) is 0 Å². The number of hydrogen-bond acceptors (Lipinski definition) is 6. The lowest BCUT2D eigenvalue weighted by molar-refractivity contribution is -0.123. The fourth-order valence-corrected chi connectivity index (χ4v) is 5.05. The van der Waals surface area contributed by atoms with Gasteiger partial charge in [0.1, 0.15) is 16.7 Å². The molecule has 2 fully saturated rings. The fourth-order valence-electron chi connectivity index (χ4n) is 3.38. The summed E-state index contributed by atoms with van der Waals surface area (Å²) >= 11 is 0. The summed E-state index contributed by atoms with van der Waals surface area (Å²) in [5.41, 5.74) is 0.417. The Kier molecular flexibility index (Phi) is 6.36. The zero-order valence-corrected chi connectivity index (χ0v) is 16.5. The van der Waals surface area contributed by atoms with E-state index in [0.717, 1.165) is 12.8 Å². The maximum absolute atomic E-state index is 13.0. The maximum atomic E-state index is 13.0. The second-order valence-electron chi connectivity index (χ2n) is 6.70. The molecule has 2 aliphatic heterocycles. The van der Waals surface area contributed by atoms with Gasteiger partial charge in [0.15, 0.2) is 0 Å². The second-order valence-corrected chi connectivity index (χ2v) is 8.61. The molecule has 2 heterocycles. The minimum atomic E-state index is -3.67. The average molecular weight is 397 g/mol. The van der Waals surface area contributed by atoms with Gasteiger partial charge in [0.25, 0.3) is 0 Å². The van der Waals surface area contributed by atoms with Gasteiger partial charge in [0.05, 0.1) is 19.3 Å². The van der Waals surface area contributed by atoms with Crippen molar-refractivity contribution < 1.29 is 22.7 Å². The molecule has 27 heavy (non-hydrogen) atoms. The Bertz CT molecular complexity index is 777. The third-order valence-electron chi connectivity index (χ3n) is 4.79. The zero-order valence-electron chi connectivity index (χ0n) is 15.7. The number of nitrogens with zero attached hydrogens (tertiary/aromatic N) is 1. The van der Waals surface area contributed by atoms with Gasteiger partial charge in [-0.15, -0.1) is 0 Å². The lowest BCUT2D eigenvalue weighted by Gasteiger charge is -2.29. The van der Waals surface area contributed by atoms with Crippen molar-refractivity contribution in [2.75, 3.05) is 38.2 Å². The first-order chi connectivity index (χ1) is 12.9. The molecule has 2 atom stereocenters. The molecule has 0 radical (unpaired) electrons. The molecule has 1 aromatic carbocycles. The van der Waals surface area contributed by atoms with Crippen LogP contribution in [0.15, 0.2) is 23.1 Å². The normalized spacial score (nSPS) is 23.9. The van der Waals surface area contributed by atoms with E-state index in [1.807, 2.05) is 6.92 Å². The van der Waals surface area contributed by atoms with Gasteiger partial charge in [0.2, 0.25) is 15.9 Å². The summed E-state index contributed by atoms with van der Waals surface area (Å²) in [7, 11) is -3.67. The molecular formula is C18H27N3O5S. The SMILES string of the molecule is CCOc1ccc(NC(=O)[C@H]2NCCO[C@@H]2C)cc1S(=O)(=O)N1CCCC1. The lowest BCUT2D eigenvalue weighted by Crippen LogP contribution is -2.53. The minimum absolute atomic E-state index is 0.0879. The van der Waals surface area contributed by atoms with Crippen LogP contribution >= 0.6 is 0 Å². The Labute approximate surface area is 160 Å². The molecule has 0 saturated carbocycles. The van der Waals surface area contributed by atoms with E-state index in [2.05, 4.69) is 10.6 Å². The third kappa shape index (κ3) is 4.43. The number of carbonyl (C=O) groups excluding carboxylic acids is 1. The molecule has 0 unspecified atom stereocenters. The monoisotopic (exact) mass is 397 g/mol. The van der Waals surface area contributed by atoms with E-state index in [4.69, 9.17) is 9.47 Å². The molecule has 150 valence electrons. The van der Waals surface area contributed by atoms with Crippen LogP contribution in [0.5, 0.6) is 5.75 Å². The predicted octanol–water partition coefficient (Wildman–Crippen LogP) is 1.19. The van der Waals surface area contributed by atoms with Crippen LogP contribution in [0.4, 0.5) is 5.69 Å². The van der Waals surface area contributed by atoms with Gasteiger partial charge in [-0.2, -0.15) is 4.31 Å². The van der Waals surface area contributed by atoms with Crippen LogP contribution in [0.25, 0.3) is 0 Å². The summed E-state index contributed by atoms with van der Waals surface area (Å²) in [4.78, 5) is 12.6. The third-order valence-corrected chi connectivity index (χ3v) is 6.71. The highest BCUT2D eigenvalue weighted by Crippen LogP contribution is 2.31. The van der Waals surface area contributed by atoms with Crippen molar-refractivity contribution in [3.05, 3.63) is 18.2 Å².